The van der Waals surface area contributed by atoms with E-state index in [9.17, 15) is 24.9 Å². The maximum Gasteiger partial charge on any atom is 0.225 e. The topological polar surface area (TPSA) is 104 Å². The first-order valence-electron chi connectivity index (χ1n) is 21.3. The maximum absolute atomic E-state index is 13.2. The van der Waals surface area contributed by atoms with Crippen LogP contribution in [-0.4, -0.2) is 40.6 Å². The minimum absolute atomic E-state index is 0.421. The van der Waals surface area contributed by atoms with Gasteiger partial charge in [0.15, 0.2) is 0 Å². The quantitative estimate of drug-likeness (QED) is 0.0510. The highest BCUT2D eigenvalue weighted by Gasteiger charge is 2.32. The Hall–Kier alpha value is -1.56. The van der Waals surface area contributed by atoms with Gasteiger partial charge >= 0.3 is 0 Å². The average molecular weight is 692 g/mol. The molecule has 290 valence electrons. The van der Waals surface area contributed by atoms with Crippen molar-refractivity contribution in [3.8, 4) is 0 Å². The molecular weight excluding hydrogens is 610 g/mol. The summed E-state index contributed by atoms with van der Waals surface area (Å²) in [7, 11) is 0. The van der Waals surface area contributed by atoms with Crippen molar-refractivity contribution in [2.45, 2.75) is 238 Å². The van der Waals surface area contributed by atoms with Crippen LogP contribution in [0.4, 0.5) is 0 Å². The van der Waals surface area contributed by atoms with Crippen LogP contribution in [0.2, 0.25) is 0 Å². The highest BCUT2D eigenvalue weighted by Crippen LogP contribution is 2.21. The summed E-state index contributed by atoms with van der Waals surface area (Å²) in [5, 5.41) is 33.7. The number of unbranched alkanes of at least 4 members (excludes halogenated alkanes) is 30. The maximum atomic E-state index is 13.2. The molecule has 1 unspecified atom stereocenters. The van der Waals surface area contributed by atoms with Gasteiger partial charge < -0.3 is 25.0 Å². The molecule has 0 heterocycles. The molecule has 0 saturated heterocycles. The molecule has 0 radical (unpaired) electrons. The molecule has 0 aliphatic heterocycles. The number of aliphatic carboxylic acids is 1. The normalized spacial score (nSPS) is 12.6. The molecule has 0 aromatic rings. The van der Waals surface area contributed by atoms with E-state index in [0.29, 0.717) is 13.1 Å². The zero-order valence-electron chi connectivity index (χ0n) is 32.7. The Kier molecular flexibility index (Phi) is 33.8. The molecule has 0 fully saturated rings. The second-order valence-electron chi connectivity index (χ2n) is 15.2. The van der Waals surface area contributed by atoms with Gasteiger partial charge in [0.1, 0.15) is 5.60 Å². The molecule has 0 bridgehead atoms. The summed E-state index contributed by atoms with van der Waals surface area (Å²) in [5.74, 6) is -2.93. The third-order valence-corrected chi connectivity index (χ3v) is 10.2. The van der Waals surface area contributed by atoms with Crippen LogP contribution in [0.15, 0.2) is 12.3 Å². The number of rotatable bonds is 39. The minimum Gasteiger partial charge on any atom is -0.876 e. The van der Waals surface area contributed by atoms with Gasteiger partial charge in [0.25, 0.3) is 0 Å². The van der Waals surface area contributed by atoms with Gasteiger partial charge in [0.05, 0.1) is 12.4 Å². The molecule has 6 nitrogen and oxygen atoms in total. The van der Waals surface area contributed by atoms with Crippen LogP contribution in [0.1, 0.15) is 232 Å². The van der Waals surface area contributed by atoms with Gasteiger partial charge in [-0.15, -0.1) is 12.3 Å². The number of hydrogen-bond donors (Lipinski definition) is 1. The Morgan fingerprint density at radius 2 is 0.714 bits per heavy atom. The molecule has 6 heteroatoms. The van der Waals surface area contributed by atoms with E-state index in [2.05, 4.69) is 20.4 Å². The fourth-order valence-electron chi connectivity index (χ4n) is 6.96. The molecule has 49 heavy (non-hydrogen) atoms. The summed E-state index contributed by atoms with van der Waals surface area (Å²) in [6.07, 6.45) is 39.7. The first kappa shape index (κ1) is 47.4. The van der Waals surface area contributed by atoms with Gasteiger partial charge in [-0.1, -0.05) is 206 Å². The standard InChI is InChI=1S/C43H83NO5/c1-4-6-8-10-12-14-16-18-20-22-24-26-28-30-32-34-36-44(41(46)39-43(49,42(47)48)38-40(3)45)37-35-33-31-29-27-25-23-21-19-17-15-13-11-9-7-5-2/h45,49H,3-39H2,1-2H3,(H,47,48)/p-2. The van der Waals surface area contributed by atoms with Crippen LogP contribution in [-0.2, 0) is 9.59 Å². The Morgan fingerprint density at radius 3 is 0.939 bits per heavy atom. The fraction of sp³-hybridized carbons (Fsp3) is 0.907. The monoisotopic (exact) mass is 692 g/mol. The summed E-state index contributed by atoms with van der Waals surface area (Å²) < 4.78 is 0. The number of carbonyl (C=O) groups is 2. The Balaban J connectivity index is 4.24. The van der Waals surface area contributed by atoms with Crippen LogP contribution in [0.3, 0.4) is 0 Å². The molecule has 0 aromatic heterocycles. The number of carboxylic acid groups (broad SMARTS) is 1. The van der Waals surface area contributed by atoms with E-state index >= 15 is 0 Å². The lowest BCUT2D eigenvalue weighted by Crippen LogP contribution is -2.52. The van der Waals surface area contributed by atoms with Gasteiger partial charge in [0.2, 0.25) is 5.91 Å². The van der Waals surface area contributed by atoms with E-state index in [-0.39, 0.29) is 0 Å². The Morgan fingerprint density at radius 1 is 0.469 bits per heavy atom. The lowest BCUT2D eigenvalue weighted by Gasteiger charge is -2.33. The van der Waals surface area contributed by atoms with Gasteiger partial charge in [-0.2, -0.15) is 0 Å². The number of carbonyl (C=O) groups excluding carboxylic acids is 2. The molecule has 0 rings (SSSR count). The van der Waals surface area contributed by atoms with Gasteiger partial charge in [-0.05, 0) is 19.3 Å². The van der Waals surface area contributed by atoms with E-state index in [4.69, 9.17) is 0 Å². The molecule has 0 aromatic carbocycles. The molecule has 1 amide bonds. The summed E-state index contributed by atoms with van der Waals surface area (Å²) >= 11 is 0. The number of aliphatic hydroxyl groups is 1. The molecule has 0 aliphatic carbocycles. The predicted octanol–water partition coefficient (Wildman–Crippen LogP) is 10.5. The number of amides is 1. The van der Waals surface area contributed by atoms with Crippen molar-refractivity contribution in [1.29, 1.82) is 0 Å². The van der Waals surface area contributed by atoms with E-state index in [1.54, 1.807) is 4.90 Å². The van der Waals surface area contributed by atoms with Crippen LogP contribution in [0.25, 0.3) is 0 Å². The molecular formula is C43H81NO5-2. The third kappa shape index (κ3) is 30.9. The van der Waals surface area contributed by atoms with Gasteiger partial charge in [0, 0.05) is 13.1 Å². The van der Waals surface area contributed by atoms with Crippen LogP contribution < -0.4 is 10.2 Å². The second kappa shape index (κ2) is 34.9. The summed E-state index contributed by atoms with van der Waals surface area (Å²) in [6, 6.07) is 0. The van der Waals surface area contributed by atoms with Gasteiger partial charge in [-0.25, -0.2) is 0 Å². The summed E-state index contributed by atoms with van der Waals surface area (Å²) in [6.45, 7) is 8.83. The highest BCUT2D eigenvalue weighted by molar-refractivity contribution is 5.86. The third-order valence-electron chi connectivity index (χ3n) is 10.2. The molecule has 0 spiro atoms. The molecule has 1 N–H and O–H groups in total. The average Bonchev–Trinajstić information content (AvgIpc) is 3.06. The lowest BCUT2D eigenvalue weighted by atomic mass is 9.94. The van der Waals surface area contributed by atoms with Crippen molar-refractivity contribution >= 4 is 11.9 Å². The van der Waals surface area contributed by atoms with Crippen LogP contribution >= 0.6 is 0 Å². The first-order valence-corrected chi connectivity index (χ1v) is 21.3. The summed E-state index contributed by atoms with van der Waals surface area (Å²) in [5.41, 5.74) is -2.50. The lowest BCUT2D eigenvalue weighted by molar-refractivity contribution is -0.336. The van der Waals surface area contributed by atoms with Crippen molar-refractivity contribution < 1.29 is 24.9 Å². The fourth-order valence-corrected chi connectivity index (χ4v) is 6.96. The first-order chi connectivity index (χ1) is 23.8. The minimum atomic E-state index is -2.50. The number of nitrogens with zero attached hydrogens (tertiary/aromatic N) is 1. The number of hydrogen-bond acceptors (Lipinski definition) is 5. The van der Waals surface area contributed by atoms with Crippen molar-refractivity contribution in [3.05, 3.63) is 12.3 Å². The smallest absolute Gasteiger partial charge is 0.225 e. The van der Waals surface area contributed by atoms with E-state index in [1.165, 1.54) is 167 Å². The van der Waals surface area contributed by atoms with Crippen molar-refractivity contribution in [1.82, 2.24) is 4.90 Å². The Labute approximate surface area is 304 Å². The SMILES string of the molecule is C=C([O-])CC(O)(CC(=O)N(CCCCCCCCCCCCCCCCCC)CCCCCCCCCCCCCCCCCC)C(=O)[O-]. The van der Waals surface area contributed by atoms with E-state index in [1.807, 2.05) is 0 Å². The highest BCUT2D eigenvalue weighted by atomic mass is 16.4. The van der Waals surface area contributed by atoms with Crippen LogP contribution in [0.5, 0.6) is 0 Å². The Bertz CT molecular complexity index is 735. The van der Waals surface area contributed by atoms with E-state index < -0.39 is 36.1 Å². The largest absolute Gasteiger partial charge is 0.876 e. The number of carboxylic acids is 1. The summed E-state index contributed by atoms with van der Waals surface area (Å²) in [4.78, 5) is 26.5. The zero-order valence-corrected chi connectivity index (χ0v) is 32.7. The molecule has 1 atom stereocenters. The molecule has 0 aliphatic rings. The van der Waals surface area contributed by atoms with Crippen LogP contribution in [0, 0.1) is 0 Å². The predicted molar refractivity (Wildman–Crippen MR) is 204 cm³/mol. The molecule has 0 saturated carbocycles. The second-order valence-corrected chi connectivity index (χ2v) is 15.2. The zero-order chi connectivity index (χ0) is 36.3. The van der Waals surface area contributed by atoms with Crippen molar-refractivity contribution in [3.63, 3.8) is 0 Å². The van der Waals surface area contributed by atoms with Crippen molar-refractivity contribution in [2.75, 3.05) is 13.1 Å². The van der Waals surface area contributed by atoms with Crippen molar-refractivity contribution in [2.24, 2.45) is 0 Å². The van der Waals surface area contributed by atoms with E-state index in [0.717, 1.165) is 38.5 Å². The van der Waals surface area contributed by atoms with Gasteiger partial charge in [-0.3, -0.25) is 4.79 Å².